The molecular weight excluding hydrogens is 268 g/mol. The van der Waals surface area contributed by atoms with Gasteiger partial charge in [0.05, 0.1) is 6.61 Å². The van der Waals surface area contributed by atoms with Crippen LogP contribution in [0.5, 0.6) is 0 Å². The average Bonchev–Trinajstić information content (AvgIpc) is 2.33. The summed E-state index contributed by atoms with van der Waals surface area (Å²) < 4.78 is 9.50. The van der Waals surface area contributed by atoms with Gasteiger partial charge >= 0.3 is 12.0 Å². The number of carbonyl (C=O) groups excluding carboxylic acids is 2. The highest BCUT2D eigenvalue weighted by Crippen LogP contribution is 1.99. The fourth-order valence-corrected chi connectivity index (χ4v) is 1.38. The van der Waals surface area contributed by atoms with E-state index >= 15 is 0 Å². The van der Waals surface area contributed by atoms with Crippen molar-refractivity contribution >= 4 is 17.9 Å². The van der Waals surface area contributed by atoms with Crippen LogP contribution in [-0.4, -0.2) is 67.9 Å². The van der Waals surface area contributed by atoms with Crippen molar-refractivity contribution in [2.24, 2.45) is 5.92 Å². The van der Waals surface area contributed by atoms with E-state index in [-0.39, 0.29) is 5.92 Å². The normalized spacial score (nSPS) is 10.4. The molecule has 0 aliphatic heterocycles. The molecule has 0 spiro atoms. The van der Waals surface area contributed by atoms with E-state index in [9.17, 15) is 14.4 Å². The lowest BCUT2D eigenvalue weighted by Crippen LogP contribution is -2.46. The molecule has 0 heterocycles. The number of amides is 3. The monoisotopic (exact) mass is 290 g/mol. The Hall–Kier alpha value is -1.67. The minimum atomic E-state index is -1.18. The van der Waals surface area contributed by atoms with Gasteiger partial charge in [0.15, 0.2) is 0 Å². The standard InChI is InChI=1S/C12H22N2O6/c1-9(2)6-14(4-5-19-3)12(18)13-10(15)7-20-8-11(16)17/h9H,4-8H2,1-3H3,(H,16,17)(H,13,15,18). The predicted molar refractivity (Wildman–Crippen MR) is 70.3 cm³/mol. The summed E-state index contributed by atoms with van der Waals surface area (Å²) in [6.45, 7) is 4.06. The third kappa shape index (κ3) is 9.29. The lowest BCUT2D eigenvalue weighted by atomic mass is 10.2. The smallest absolute Gasteiger partial charge is 0.329 e. The fraction of sp³-hybridized carbons (Fsp3) is 0.750. The first kappa shape index (κ1) is 18.3. The summed E-state index contributed by atoms with van der Waals surface area (Å²) in [5.41, 5.74) is 0. The van der Waals surface area contributed by atoms with Crippen LogP contribution in [0.25, 0.3) is 0 Å². The molecular formula is C12H22N2O6. The summed E-state index contributed by atoms with van der Waals surface area (Å²) in [4.78, 5) is 34.9. The number of nitrogens with one attached hydrogen (secondary N) is 1. The Morgan fingerprint density at radius 2 is 1.90 bits per heavy atom. The Morgan fingerprint density at radius 3 is 2.40 bits per heavy atom. The lowest BCUT2D eigenvalue weighted by Gasteiger charge is -2.24. The van der Waals surface area contributed by atoms with Crippen LogP contribution < -0.4 is 5.32 Å². The molecule has 0 fully saturated rings. The molecule has 0 aromatic heterocycles. The molecule has 0 saturated carbocycles. The number of rotatable bonds is 9. The number of carboxylic acid groups (broad SMARTS) is 1. The first-order valence-corrected chi connectivity index (χ1v) is 6.24. The molecule has 0 atom stereocenters. The number of methoxy groups -OCH3 is 1. The maximum atomic E-state index is 11.9. The van der Waals surface area contributed by atoms with Gasteiger partial charge in [-0.25, -0.2) is 9.59 Å². The summed E-state index contributed by atoms with van der Waals surface area (Å²) in [6.07, 6.45) is 0. The molecule has 3 amide bonds. The highest BCUT2D eigenvalue weighted by molar-refractivity contribution is 5.95. The largest absolute Gasteiger partial charge is 0.480 e. The zero-order valence-corrected chi connectivity index (χ0v) is 12.0. The van der Waals surface area contributed by atoms with Gasteiger partial charge in [0.2, 0.25) is 0 Å². The number of nitrogens with zero attached hydrogens (tertiary/aromatic N) is 1. The predicted octanol–water partition coefficient (Wildman–Crippen LogP) is -0.0718. The van der Waals surface area contributed by atoms with E-state index < -0.39 is 31.1 Å². The van der Waals surface area contributed by atoms with E-state index in [1.54, 1.807) is 0 Å². The molecule has 8 nitrogen and oxygen atoms in total. The van der Waals surface area contributed by atoms with Gasteiger partial charge in [-0.15, -0.1) is 0 Å². The molecule has 0 aromatic rings. The molecule has 8 heteroatoms. The first-order valence-electron chi connectivity index (χ1n) is 6.24. The quantitative estimate of drug-likeness (QED) is 0.616. The SMILES string of the molecule is COCCN(CC(C)C)C(=O)NC(=O)COCC(=O)O. The fourth-order valence-electron chi connectivity index (χ4n) is 1.38. The first-order chi connectivity index (χ1) is 9.36. The Bertz CT molecular complexity index is 332. The Labute approximate surface area is 118 Å². The molecule has 0 radical (unpaired) electrons. The minimum absolute atomic E-state index is 0.246. The maximum absolute atomic E-state index is 11.9. The molecule has 0 aromatic carbocycles. The van der Waals surface area contributed by atoms with E-state index in [4.69, 9.17) is 9.84 Å². The molecule has 20 heavy (non-hydrogen) atoms. The second-order valence-electron chi connectivity index (χ2n) is 4.57. The van der Waals surface area contributed by atoms with Crippen LogP contribution in [0, 0.1) is 5.92 Å². The van der Waals surface area contributed by atoms with E-state index in [2.05, 4.69) is 10.1 Å². The third-order valence-corrected chi connectivity index (χ3v) is 2.14. The van der Waals surface area contributed by atoms with Crippen molar-refractivity contribution in [3.05, 3.63) is 0 Å². The molecule has 0 bridgehead atoms. The van der Waals surface area contributed by atoms with E-state index in [1.807, 2.05) is 13.8 Å². The summed E-state index contributed by atoms with van der Waals surface area (Å²) in [7, 11) is 1.52. The zero-order valence-electron chi connectivity index (χ0n) is 12.0. The van der Waals surface area contributed by atoms with E-state index in [0.717, 1.165) is 0 Å². The highest BCUT2D eigenvalue weighted by atomic mass is 16.5. The molecule has 116 valence electrons. The van der Waals surface area contributed by atoms with Gasteiger partial charge in [0.25, 0.3) is 5.91 Å². The van der Waals surface area contributed by atoms with Crippen LogP contribution in [0.15, 0.2) is 0 Å². The third-order valence-electron chi connectivity index (χ3n) is 2.14. The van der Waals surface area contributed by atoms with Gasteiger partial charge in [-0.2, -0.15) is 0 Å². The second-order valence-corrected chi connectivity index (χ2v) is 4.57. The topological polar surface area (TPSA) is 105 Å². The number of imide groups is 1. The molecule has 0 saturated heterocycles. The number of hydrogen-bond donors (Lipinski definition) is 2. The summed E-state index contributed by atoms with van der Waals surface area (Å²) in [6, 6.07) is -0.542. The lowest BCUT2D eigenvalue weighted by molar-refractivity contribution is -0.143. The van der Waals surface area contributed by atoms with Crippen LogP contribution in [0.3, 0.4) is 0 Å². The van der Waals surface area contributed by atoms with Crippen molar-refractivity contribution in [3.63, 3.8) is 0 Å². The molecule has 0 rings (SSSR count). The van der Waals surface area contributed by atoms with Gasteiger partial charge in [-0.1, -0.05) is 13.8 Å². The van der Waals surface area contributed by atoms with Crippen molar-refractivity contribution in [1.82, 2.24) is 10.2 Å². The van der Waals surface area contributed by atoms with Gasteiger partial charge in [0.1, 0.15) is 13.2 Å². The van der Waals surface area contributed by atoms with Crippen molar-refractivity contribution in [2.75, 3.05) is 40.0 Å². The maximum Gasteiger partial charge on any atom is 0.329 e. The number of carboxylic acids is 1. The molecule has 0 aliphatic carbocycles. The van der Waals surface area contributed by atoms with Gasteiger partial charge < -0.3 is 19.5 Å². The van der Waals surface area contributed by atoms with Crippen LogP contribution in [0.1, 0.15) is 13.8 Å². The second kappa shape index (κ2) is 10.2. The number of hydrogen-bond acceptors (Lipinski definition) is 5. The van der Waals surface area contributed by atoms with Gasteiger partial charge in [0, 0.05) is 20.2 Å². The van der Waals surface area contributed by atoms with Crippen molar-refractivity contribution < 1.29 is 29.0 Å². The molecule has 0 unspecified atom stereocenters. The zero-order chi connectivity index (χ0) is 15.5. The van der Waals surface area contributed by atoms with Crippen LogP contribution in [-0.2, 0) is 19.1 Å². The highest BCUT2D eigenvalue weighted by Gasteiger charge is 2.17. The molecule has 2 N–H and O–H groups in total. The number of carbonyl (C=O) groups is 3. The number of urea groups is 1. The Balaban J connectivity index is 4.21. The van der Waals surface area contributed by atoms with Crippen LogP contribution in [0.4, 0.5) is 4.79 Å². The van der Waals surface area contributed by atoms with Crippen LogP contribution >= 0.6 is 0 Å². The van der Waals surface area contributed by atoms with Gasteiger partial charge in [-0.05, 0) is 5.92 Å². The van der Waals surface area contributed by atoms with E-state index in [0.29, 0.717) is 19.7 Å². The number of ether oxygens (including phenoxy) is 2. The Morgan fingerprint density at radius 1 is 1.25 bits per heavy atom. The van der Waals surface area contributed by atoms with Crippen molar-refractivity contribution in [2.45, 2.75) is 13.8 Å². The average molecular weight is 290 g/mol. The van der Waals surface area contributed by atoms with E-state index in [1.165, 1.54) is 12.0 Å². The minimum Gasteiger partial charge on any atom is -0.480 e. The molecule has 0 aliphatic rings. The van der Waals surface area contributed by atoms with Gasteiger partial charge in [-0.3, -0.25) is 10.1 Å². The summed E-state index contributed by atoms with van der Waals surface area (Å²) >= 11 is 0. The Kier molecular flexibility index (Phi) is 9.31. The van der Waals surface area contributed by atoms with Crippen molar-refractivity contribution in [3.8, 4) is 0 Å². The summed E-state index contributed by atoms with van der Waals surface area (Å²) in [5, 5.41) is 10.5. The van der Waals surface area contributed by atoms with Crippen LogP contribution in [0.2, 0.25) is 0 Å². The number of aliphatic carboxylic acids is 1. The summed E-state index contributed by atoms with van der Waals surface area (Å²) in [5.74, 6) is -1.61. The van der Waals surface area contributed by atoms with Crippen molar-refractivity contribution in [1.29, 1.82) is 0 Å².